The van der Waals surface area contributed by atoms with Crippen molar-refractivity contribution in [3.05, 3.63) is 54.1 Å². The van der Waals surface area contributed by atoms with Crippen molar-refractivity contribution in [3.63, 3.8) is 0 Å². The van der Waals surface area contributed by atoms with Crippen molar-refractivity contribution in [1.29, 1.82) is 0 Å². The lowest BCUT2D eigenvalue weighted by Gasteiger charge is -2.40. The second-order valence-corrected chi connectivity index (χ2v) is 8.15. The van der Waals surface area contributed by atoms with Crippen molar-refractivity contribution in [2.75, 3.05) is 15.7 Å². The van der Waals surface area contributed by atoms with Gasteiger partial charge in [-0.1, -0.05) is 12.1 Å². The minimum atomic E-state index is -4.55. The number of sulfonamides is 1. The number of carbonyl (C=O) groups excluding carboxylic acids is 1. The Morgan fingerprint density at radius 2 is 1.59 bits per heavy atom. The summed E-state index contributed by atoms with van der Waals surface area (Å²) in [5.41, 5.74) is -0.165. The zero-order valence-corrected chi connectivity index (χ0v) is 15.4. The summed E-state index contributed by atoms with van der Waals surface area (Å²) in [6.07, 6.45) is -4.55. The van der Waals surface area contributed by atoms with Crippen molar-refractivity contribution >= 4 is 27.3 Å². The molecule has 1 aliphatic heterocycles. The van der Waals surface area contributed by atoms with Crippen molar-refractivity contribution in [3.8, 4) is 0 Å². The van der Waals surface area contributed by atoms with E-state index in [1.54, 1.807) is 31.2 Å². The van der Waals surface area contributed by atoms with Crippen LogP contribution in [0.1, 0.15) is 19.4 Å². The van der Waals surface area contributed by atoms with Crippen LogP contribution in [0, 0.1) is 0 Å². The minimum Gasteiger partial charge on any atom is -0.306 e. The number of anilines is 2. The molecule has 0 spiro atoms. The number of nitrogens with zero attached hydrogens (tertiary/aromatic N) is 2. The van der Waals surface area contributed by atoms with Crippen LogP contribution in [0.2, 0.25) is 0 Å². The first-order valence-corrected chi connectivity index (χ1v) is 9.56. The van der Waals surface area contributed by atoms with Gasteiger partial charge in [-0.25, -0.2) is 8.42 Å². The molecular weight excluding hydrogens is 381 g/mol. The Hall–Kier alpha value is -2.55. The number of rotatable bonds is 2. The third-order valence-corrected chi connectivity index (χ3v) is 6.18. The van der Waals surface area contributed by atoms with E-state index in [-0.39, 0.29) is 17.3 Å². The highest BCUT2D eigenvalue weighted by Gasteiger charge is 2.37. The van der Waals surface area contributed by atoms with E-state index in [0.29, 0.717) is 11.4 Å². The fourth-order valence-electron chi connectivity index (χ4n) is 3.19. The first-order chi connectivity index (χ1) is 12.5. The molecule has 0 aliphatic carbocycles. The Balaban J connectivity index is 2.07. The van der Waals surface area contributed by atoms with E-state index in [4.69, 9.17) is 0 Å². The van der Waals surface area contributed by atoms with Crippen LogP contribution in [-0.2, 0) is 21.0 Å². The number of hydrogen-bond donors (Lipinski definition) is 0. The molecule has 0 radical (unpaired) electrons. The number of benzene rings is 2. The highest BCUT2D eigenvalue weighted by molar-refractivity contribution is 7.92. The van der Waals surface area contributed by atoms with Gasteiger partial charge >= 0.3 is 6.18 Å². The maximum absolute atomic E-state index is 13.1. The summed E-state index contributed by atoms with van der Waals surface area (Å²) < 4.78 is 65.5. The number of carbonyl (C=O) groups is 1. The molecule has 0 saturated carbocycles. The summed E-state index contributed by atoms with van der Waals surface area (Å²) >= 11 is 0. The molecule has 1 atom stereocenters. The van der Waals surface area contributed by atoms with Crippen LogP contribution in [-0.4, -0.2) is 26.9 Å². The van der Waals surface area contributed by atoms with Crippen LogP contribution in [0.3, 0.4) is 0 Å². The number of para-hydroxylation sites is 2. The third kappa shape index (κ3) is 3.39. The monoisotopic (exact) mass is 398 g/mol. The molecule has 3 rings (SSSR count). The summed E-state index contributed by atoms with van der Waals surface area (Å²) in [6.45, 7) is 3.11. The Kier molecular flexibility index (Phi) is 4.67. The zero-order valence-electron chi connectivity index (χ0n) is 14.6. The van der Waals surface area contributed by atoms with Gasteiger partial charge in [-0.3, -0.25) is 9.10 Å². The second kappa shape index (κ2) is 6.56. The topological polar surface area (TPSA) is 57.7 Å². The first kappa shape index (κ1) is 19.2. The van der Waals surface area contributed by atoms with Gasteiger partial charge in [0.05, 0.1) is 34.4 Å². The Bertz CT molecular complexity index is 972. The molecule has 0 bridgehead atoms. The molecule has 0 saturated heterocycles. The fraction of sp³-hybridized carbons (Fsp3) is 0.278. The van der Waals surface area contributed by atoms with Crippen molar-refractivity contribution < 1.29 is 26.4 Å². The standard InChI is InChI=1S/C18H17F3N2O3S/c1-12-11-22(16-5-3-4-6-17(16)23(12)13(2)24)27(25,26)15-9-7-14(8-10-15)18(19,20)21/h3-10,12H,11H2,1-2H3/t12-/m0/s1. The summed E-state index contributed by atoms with van der Waals surface area (Å²) in [5.74, 6) is -0.221. The molecule has 144 valence electrons. The first-order valence-electron chi connectivity index (χ1n) is 8.12. The van der Waals surface area contributed by atoms with E-state index in [0.717, 1.165) is 28.6 Å². The van der Waals surface area contributed by atoms with Gasteiger partial charge in [0.1, 0.15) is 0 Å². The lowest BCUT2D eigenvalue weighted by Crippen LogP contribution is -2.51. The predicted octanol–water partition coefficient (Wildman–Crippen LogP) is 3.66. The summed E-state index contributed by atoms with van der Waals surface area (Å²) in [5, 5.41) is 0. The summed E-state index contributed by atoms with van der Waals surface area (Å²) in [6, 6.07) is 9.49. The van der Waals surface area contributed by atoms with Gasteiger partial charge in [0, 0.05) is 6.92 Å². The molecule has 0 aromatic heterocycles. The number of alkyl halides is 3. The summed E-state index contributed by atoms with van der Waals surface area (Å²) in [4.78, 5) is 13.2. The SMILES string of the molecule is CC(=O)N1c2ccccc2N(S(=O)(=O)c2ccc(C(F)(F)F)cc2)C[C@@H]1C. The van der Waals surface area contributed by atoms with Crippen molar-refractivity contribution in [1.82, 2.24) is 0 Å². The normalized spacial score (nSPS) is 17.6. The molecule has 1 heterocycles. The van der Waals surface area contributed by atoms with Gasteiger partial charge in [-0.2, -0.15) is 13.2 Å². The number of hydrogen-bond acceptors (Lipinski definition) is 3. The van der Waals surface area contributed by atoms with Crippen LogP contribution in [0.15, 0.2) is 53.4 Å². The van der Waals surface area contributed by atoms with E-state index >= 15 is 0 Å². The zero-order chi connectivity index (χ0) is 20.0. The molecule has 1 aliphatic rings. The molecule has 1 amide bonds. The van der Waals surface area contributed by atoms with E-state index < -0.39 is 27.8 Å². The maximum Gasteiger partial charge on any atom is 0.416 e. The van der Waals surface area contributed by atoms with Gasteiger partial charge in [0.25, 0.3) is 10.0 Å². The second-order valence-electron chi connectivity index (χ2n) is 6.29. The highest BCUT2D eigenvalue weighted by atomic mass is 32.2. The predicted molar refractivity (Wildman–Crippen MR) is 95.0 cm³/mol. The Labute approximate surface area is 155 Å². The van der Waals surface area contributed by atoms with Gasteiger partial charge in [0.2, 0.25) is 5.91 Å². The minimum absolute atomic E-state index is 0.0000507. The van der Waals surface area contributed by atoms with Gasteiger partial charge in [0.15, 0.2) is 0 Å². The maximum atomic E-state index is 13.1. The average Bonchev–Trinajstić information content (AvgIpc) is 2.60. The molecule has 0 N–H and O–H groups in total. The van der Waals surface area contributed by atoms with Gasteiger partial charge < -0.3 is 4.90 Å². The van der Waals surface area contributed by atoms with Gasteiger partial charge in [-0.15, -0.1) is 0 Å². The van der Waals surface area contributed by atoms with Crippen LogP contribution in [0.4, 0.5) is 24.5 Å². The molecule has 27 heavy (non-hydrogen) atoms. The molecular formula is C18H17F3N2O3S. The number of amides is 1. The smallest absolute Gasteiger partial charge is 0.306 e. The van der Waals surface area contributed by atoms with Crippen LogP contribution in [0.5, 0.6) is 0 Å². The van der Waals surface area contributed by atoms with E-state index in [9.17, 15) is 26.4 Å². The number of fused-ring (bicyclic) bond motifs is 1. The molecule has 2 aromatic carbocycles. The molecule has 5 nitrogen and oxygen atoms in total. The lowest BCUT2D eigenvalue weighted by atomic mass is 10.1. The lowest BCUT2D eigenvalue weighted by molar-refractivity contribution is -0.137. The quantitative estimate of drug-likeness (QED) is 0.776. The van der Waals surface area contributed by atoms with Gasteiger partial charge in [-0.05, 0) is 43.3 Å². The number of halogens is 3. The Morgan fingerprint density at radius 3 is 2.11 bits per heavy atom. The summed E-state index contributed by atoms with van der Waals surface area (Å²) in [7, 11) is -4.09. The average molecular weight is 398 g/mol. The molecule has 0 fully saturated rings. The molecule has 2 aromatic rings. The van der Waals surface area contributed by atoms with Crippen molar-refractivity contribution in [2.24, 2.45) is 0 Å². The fourth-order valence-corrected chi connectivity index (χ4v) is 4.75. The highest BCUT2D eigenvalue weighted by Crippen LogP contribution is 2.39. The van der Waals surface area contributed by atoms with E-state index in [2.05, 4.69) is 0 Å². The molecule has 9 heteroatoms. The van der Waals surface area contributed by atoms with Crippen LogP contribution in [0.25, 0.3) is 0 Å². The van der Waals surface area contributed by atoms with Crippen LogP contribution < -0.4 is 9.21 Å². The van der Waals surface area contributed by atoms with Crippen molar-refractivity contribution in [2.45, 2.75) is 31.0 Å². The largest absolute Gasteiger partial charge is 0.416 e. The van der Waals surface area contributed by atoms with E-state index in [1.165, 1.54) is 11.8 Å². The molecule has 0 unspecified atom stereocenters. The third-order valence-electron chi connectivity index (χ3n) is 4.39. The Morgan fingerprint density at radius 1 is 1.04 bits per heavy atom. The van der Waals surface area contributed by atoms with Crippen LogP contribution >= 0.6 is 0 Å². The van der Waals surface area contributed by atoms with E-state index in [1.807, 2.05) is 0 Å².